The van der Waals surface area contributed by atoms with Gasteiger partial charge in [-0.15, -0.1) is 11.3 Å². The van der Waals surface area contributed by atoms with Gasteiger partial charge in [-0.3, -0.25) is 24.4 Å². The second-order valence-corrected chi connectivity index (χ2v) is 19.7. The quantitative estimate of drug-likeness (QED) is 0.225. The smallest absolute Gasteiger partial charge is 0.324 e. The molecule has 326 valence electrons. The van der Waals surface area contributed by atoms with Crippen molar-refractivity contribution in [3.63, 3.8) is 0 Å². The lowest BCUT2D eigenvalue weighted by Gasteiger charge is -2.35. The Morgan fingerprint density at radius 2 is 1.85 bits per heavy atom. The van der Waals surface area contributed by atoms with Crippen LogP contribution in [0.1, 0.15) is 81.3 Å². The van der Waals surface area contributed by atoms with Crippen LogP contribution in [0.5, 0.6) is 0 Å². The van der Waals surface area contributed by atoms with E-state index in [1.165, 1.54) is 34.3 Å². The molecule has 13 nitrogen and oxygen atoms in total. The number of aryl methyl sites for hydroxylation is 2. The van der Waals surface area contributed by atoms with Gasteiger partial charge in [0.05, 0.1) is 52.2 Å². The predicted molar refractivity (Wildman–Crippen MR) is 229 cm³/mol. The summed E-state index contributed by atoms with van der Waals surface area (Å²) in [4.78, 5) is 56.3. The molecular weight excluding hydrogens is 803 g/mol. The molecule has 2 saturated heterocycles. The van der Waals surface area contributed by atoms with Crippen LogP contribution in [0.2, 0.25) is 0 Å². The number of likely N-dealkylation sites (N-methyl/N-ethyl adjacent to an activating group) is 1. The summed E-state index contributed by atoms with van der Waals surface area (Å²) in [5.74, 6) is -5.03. The average molecular weight is 859 g/mol. The third kappa shape index (κ3) is 7.71. The van der Waals surface area contributed by atoms with Gasteiger partial charge < -0.3 is 29.2 Å². The number of carbonyl (C=O) groups is 3. The van der Waals surface area contributed by atoms with E-state index in [2.05, 4.69) is 64.2 Å². The Hall–Kier alpha value is -4.51. The van der Waals surface area contributed by atoms with Crippen molar-refractivity contribution in [2.24, 2.45) is 10.8 Å². The number of methoxy groups -OCH3 is 1. The van der Waals surface area contributed by atoms with E-state index < -0.39 is 53.0 Å². The fraction of sp³-hybridized carbons (Fsp3) is 0.578. The number of cyclic esters (lactones) is 1. The number of rotatable bonds is 6. The first-order valence-electron chi connectivity index (χ1n) is 21.6. The number of fused-ring (bicyclic) bond motifs is 6. The highest BCUT2D eigenvalue weighted by molar-refractivity contribution is 7.10. The maximum atomic E-state index is 14.4. The molecule has 4 aromatic rings. The molecule has 5 aliphatic rings. The second kappa shape index (κ2) is 15.7. The molecule has 4 aliphatic heterocycles. The zero-order valence-corrected chi connectivity index (χ0v) is 36.7. The number of hydrogen-bond donors (Lipinski definition) is 2. The van der Waals surface area contributed by atoms with E-state index >= 15 is 0 Å². The van der Waals surface area contributed by atoms with Crippen LogP contribution >= 0.6 is 11.3 Å². The Morgan fingerprint density at radius 3 is 2.59 bits per heavy atom. The van der Waals surface area contributed by atoms with Gasteiger partial charge in [0.15, 0.2) is 0 Å². The van der Waals surface area contributed by atoms with Crippen LogP contribution in [0.25, 0.3) is 33.4 Å². The number of carbonyl (C=O) groups excluding carboxylic acids is 3. The fourth-order valence-electron chi connectivity index (χ4n) is 9.52. The number of halogens is 2. The first-order valence-corrected chi connectivity index (χ1v) is 22.5. The van der Waals surface area contributed by atoms with Gasteiger partial charge in [-0.25, -0.2) is 19.2 Å². The summed E-state index contributed by atoms with van der Waals surface area (Å²) in [6.45, 7) is 12.4. The molecule has 4 atom stereocenters. The number of piperazine rings is 1. The van der Waals surface area contributed by atoms with Gasteiger partial charge in [-0.1, -0.05) is 13.8 Å². The molecule has 3 fully saturated rings. The first-order chi connectivity index (χ1) is 29.1. The van der Waals surface area contributed by atoms with Crippen LogP contribution in [-0.2, 0) is 49.7 Å². The van der Waals surface area contributed by atoms with Crippen molar-refractivity contribution in [3.8, 4) is 22.5 Å². The van der Waals surface area contributed by atoms with Crippen LogP contribution in [0.15, 0.2) is 29.8 Å². The molecule has 1 aliphatic carbocycles. The number of amides is 2. The summed E-state index contributed by atoms with van der Waals surface area (Å²) in [5.41, 5.74) is 9.87. The maximum absolute atomic E-state index is 14.4. The average Bonchev–Trinajstić information content (AvgIpc) is 3.51. The molecule has 0 spiro atoms. The lowest BCUT2D eigenvalue weighted by Crippen LogP contribution is -2.61. The molecule has 7 heterocycles. The zero-order valence-electron chi connectivity index (χ0n) is 35.9. The van der Waals surface area contributed by atoms with Crippen molar-refractivity contribution in [2.75, 3.05) is 58.4 Å². The highest BCUT2D eigenvalue weighted by atomic mass is 32.1. The van der Waals surface area contributed by atoms with Crippen LogP contribution in [0.3, 0.4) is 0 Å². The number of esters is 1. The summed E-state index contributed by atoms with van der Waals surface area (Å²) >= 11 is 1.37. The lowest BCUT2D eigenvalue weighted by atomic mass is 9.84. The van der Waals surface area contributed by atoms with Gasteiger partial charge in [-0.2, -0.15) is 0 Å². The van der Waals surface area contributed by atoms with Crippen molar-refractivity contribution in [3.05, 3.63) is 51.6 Å². The van der Waals surface area contributed by atoms with Gasteiger partial charge in [0.2, 0.25) is 5.91 Å². The molecule has 9 rings (SSSR count). The lowest BCUT2D eigenvalue weighted by molar-refractivity contribution is -0.155. The number of ether oxygens (including phenoxy) is 2. The number of benzene rings is 1. The van der Waals surface area contributed by atoms with Crippen molar-refractivity contribution < 1.29 is 32.6 Å². The van der Waals surface area contributed by atoms with Crippen LogP contribution in [0.4, 0.5) is 14.5 Å². The minimum atomic E-state index is -3.15. The minimum Gasteiger partial charge on any atom is -0.464 e. The number of pyridine rings is 1. The molecule has 0 radical (unpaired) electrons. The number of hydrogen-bond acceptors (Lipinski definition) is 11. The molecule has 1 saturated carbocycles. The predicted octanol–water partition coefficient (Wildman–Crippen LogP) is 5.93. The summed E-state index contributed by atoms with van der Waals surface area (Å²) in [5, 5.41) is 7.63. The normalized spacial score (nSPS) is 25.8. The Labute approximate surface area is 359 Å². The number of alkyl halides is 2. The third-order valence-corrected chi connectivity index (χ3v) is 14.4. The molecule has 2 amide bonds. The Kier molecular flexibility index (Phi) is 10.8. The number of nitrogens with one attached hydrogen (secondary N) is 2. The molecule has 1 aromatic carbocycles. The van der Waals surface area contributed by atoms with Crippen LogP contribution < -0.4 is 15.6 Å². The first kappa shape index (κ1) is 41.8. The van der Waals surface area contributed by atoms with E-state index in [0.717, 1.165) is 90.4 Å². The standard InChI is InChI=1S/C45H56F2N8O5S/c1-26(59-6)37-31(19-29(22-48-37)53-15-13-52(5)14-16-53)39-32-21-43(2,3)25-60-41(57)33-10-8-12-55(51-33)40(56)34(50-42(58)44(4)24-45(44,46)47)20-36-49-35(23-61-36)28-17-27-9-7-11-54(39)38(27)30(32)18-28/h17-19,22-23,26,33-34,51H,7-16,20-21,24-25H2,1-6H3,(H,50,58)/t26-,33-,34-,44?/m0/s1. The molecule has 16 heteroatoms. The van der Waals surface area contributed by atoms with Crippen molar-refractivity contribution >= 4 is 45.7 Å². The van der Waals surface area contributed by atoms with E-state index in [9.17, 15) is 23.2 Å². The second-order valence-electron chi connectivity index (χ2n) is 18.7. The summed E-state index contributed by atoms with van der Waals surface area (Å²) in [7, 11) is 3.87. The third-order valence-electron chi connectivity index (χ3n) is 13.5. The Balaban J connectivity index is 1.19. The van der Waals surface area contributed by atoms with Gasteiger partial charge in [0.1, 0.15) is 17.5 Å². The van der Waals surface area contributed by atoms with Crippen LogP contribution in [-0.4, -0.2) is 114 Å². The number of anilines is 1. The highest BCUT2D eigenvalue weighted by Gasteiger charge is 2.72. The molecule has 6 bridgehead atoms. The molecule has 61 heavy (non-hydrogen) atoms. The van der Waals surface area contributed by atoms with Crippen LogP contribution in [0, 0.1) is 10.8 Å². The van der Waals surface area contributed by atoms with Crippen molar-refractivity contribution in [1.82, 2.24) is 35.2 Å². The number of aromatic nitrogens is 3. The highest BCUT2D eigenvalue weighted by Crippen LogP contribution is 2.60. The summed E-state index contributed by atoms with van der Waals surface area (Å²) < 4.78 is 43.3. The number of thiazole rings is 1. The maximum Gasteiger partial charge on any atom is 0.324 e. The molecule has 1 unspecified atom stereocenters. The van der Waals surface area contributed by atoms with Crippen molar-refractivity contribution in [2.45, 2.75) is 103 Å². The zero-order chi connectivity index (χ0) is 43.0. The fourth-order valence-corrected chi connectivity index (χ4v) is 10.4. The van der Waals surface area contributed by atoms with Crippen molar-refractivity contribution in [1.29, 1.82) is 0 Å². The van der Waals surface area contributed by atoms with E-state index in [1.54, 1.807) is 7.11 Å². The minimum absolute atomic E-state index is 0.00361. The number of nitrogens with zero attached hydrogens (tertiary/aromatic N) is 6. The largest absolute Gasteiger partial charge is 0.464 e. The SMILES string of the molecule is CO[C@@H](C)c1ncc(N2CCN(C)CC2)cc1-c1c2c3cc(cc4c3n1CCC4)-c1csc(n1)C[C@H](NC(=O)C1(C)CC1(F)F)C(=O)N1CCC[C@H](N1)C(=O)OCC(C)(C)C2. The summed E-state index contributed by atoms with van der Waals surface area (Å²) in [6, 6.07) is 4.72. The van der Waals surface area contributed by atoms with Gasteiger partial charge >= 0.3 is 5.97 Å². The Morgan fingerprint density at radius 1 is 1.08 bits per heavy atom. The summed E-state index contributed by atoms with van der Waals surface area (Å²) in [6.07, 6.45) is 4.47. The number of hydrazine groups is 1. The topological polar surface area (TPSA) is 134 Å². The van der Waals surface area contributed by atoms with Gasteiger partial charge in [0.25, 0.3) is 11.8 Å². The van der Waals surface area contributed by atoms with E-state index in [1.807, 2.05) is 18.5 Å². The molecular formula is C45H56F2N8O5S. The van der Waals surface area contributed by atoms with E-state index in [0.29, 0.717) is 24.3 Å². The van der Waals surface area contributed by atoms with E-state index in [4.69, 9.17) is 19.4 Å². The monoisotopic (exact) mass is 858 g/mol. The van der Waals surface area contributed by atoms with E-state index in [-0.39, 0.29) is 25.7 Å². The Bertz CT molecular complexity index is 2390. The molecule has 3 aromatic heterocycles. The van der Waals surface area contributed by atoms with Gasteiger partial charge in [-0.05, 0) is 82.3 Å². The van der Waals surface area contributed by atoms with Gasteiger partial charge in [0, 0.05) is 86.5 Å². The molecule has 2 N–H and O–H groups in total.